The van der Waals surface area contributed by atoms with Crippen LogP contribution < -0.4 is 4.74 Å². The Morgan fingerprint density at radius 1 is 0.481 bits per heavy atom. The van der Waals surface area contributed by atoms with Crippen molar-refractivity contribution in [3.63, 3.8) is 0 Å². The summed E-state index contributed by atoms with van der Waals surface area (Å²) in [4.78, 5) is 14.1. The van der Waals surface area contributed by atoms with E-state index >= 15 is 0 Å². The predicted octanol–water partition coefficient (Wildman–Crippen LogP) is 16.6. The minimum atomic E-state index is -2.78. The molecule has 0 spiro atoms. The predicted molar refractivity (Wildman–Crippen MR) is 235 cm³/mol. The first-order chi connectivity index (χ1) is 25.4. The standard InChI is InChI=1S/C48H91O3P/c1-7-12-17-22-23-24-25-26-27-28-29-34-43-52(40-31-19-14-9-3,41-32-20-15-10-4,42-33-21-16-11-5)51-48(49)44-50-47-38-36-46(37-39-47)45(6)35-30-18-13-8-2/h36-39,45H,7-35,40-44H2,1-6H3. The Morgan fingerprint density at radius 2 is 0.808 bits per heavy atom. The average Bonchev–Trinajstić information content (AvgIpc) is 3.15. The van der Waals surface area contributed by atoms with Crippen molar-refractivity contribution in [2.24, 2.45) is 0 Å². The van der Waals surface area contributed by atoms with Crippen molar-refractivity contribution in [1.82, 2.24) is 0 Å². The number of hydrogen-bond acceptors (Lipinski definition) is 3. The number of benzene rings is 1. The first kappa shape index (κ1) is 48.9. The van der Waals surface area contributed by atoms with Gasteiger partial charge in [0.2, 0.25) is 0 Å². The monoisotopic (exact) mass is 747 g/mol. The van der Waals surface area contributed by atoms with E-state index in [1.807, 2.05) is 0 Å². The molecule has 1 aromatic rings. The van der Waals surface area contributed by atoms with Crippen LogP contribution in [0.5, 0.6) is 5.75 Å². The van der Waals surface area contributed by atoms with Gasteiger partial charge in [0.25, 0.3) is 0 Å². The Morgan fingerprint density at radius 3 is 1.19 bits per heavy atom. The van der Waals surface area contributed by atoms with E-state index in [2.05, 4.69) is 65.8 Å². The molecule has 0 aliphatic rings. The van der Waals surface area contributed by atoms with Crippen molar-refractivity contribution in [2.45, 2.75) is 234 Å². The molecule has 1 aromatic carbocycles. The van der Waals surface area contributed by atoms with Crippen LogP contribution in [-0.4, -0.2) is 37.2 Å². The summed E-state index contributed by atoms with van der Waals surface area (Å²) in [6.45, 7) is 11.1. The molecule has 0 fully saturated rings. The van der Waals surface area contributed by atoms with Gasteiger partial charge in [-0.25, -0.2) is 0 Å². The summed E-state index contributed by atoms with van der Waals surface area (Å²) in [5.74, 6) is 1.23. The second-order valence-electron chi connectivity index (χ2n) is 16.9. The number of rotatable bonds is 38. The van der Waals surface area contributed by atoms with E-state index in [0.717, 1.165) is 30.4 Å². The van der Waals surface area contributed by atoms with E-state index in [4.69, 9.17) is 9.26 Å². The van der Waals surface area contributed by atoms with Gasteiger partial charge in [-0.05, 0) is 0 Å². The second-order valence-corrected chi connectivity index (χ2v) is 22.6. The average molecular weight is 747 g/mol. The minimum absolute atomic E-state index is 0.0289. The van der Waals surface area contributed by atoms with Crippen molar-refractivity contribution in [3.05, 3.63) is 29.8 Å². The van der Waals surface area contributed by atoms with Gasteiger partial charge in [-0.3, -0.25) is 0 Å². The van der Waals surface area contributed by atoms with Crippen LogP contribution in [-0.2, 0) is 9.32 Å². The molecule has 1 rings (SSSR count). The van der Waals surface area contributed by atoms with Gasteiger partial charge in [0.15, 0.2) is 0 Å². The molecule has 52 heavy (non-hydrogen) atoms. The zero-order chi connectivity index (χ0) is 38.0. The van der Waals surface area contributed by atoms with Crippen molar-refractivity contribution >= 4 is 12.8 Å². The maximum atomic E-state index is 14.1. The summed E-state index contributed by atoms with van der Waals surface area (Å²) in [7, 11) is 0. The Kier molecular flexibility index (Phi) is 30.3. The molecule has 0 aliphatic heterocycles. The summed E-state index contributed by atoms with van der Waals surface area (Å²) in [6.07, 6.45) is 42.3. The first-order valence-electron chi connectivity index (χ1n) is 23.3. The molecule has 0 amide bonds. The topological polar surface area (TPSA) is 35.5 Å². The van der Waals surface area contributed by atoms with E-state index in [-0.39, 0.29) is 12.6 Å². The Balaban J connectivity index is 3.05. The molecule has 1 unspecified atom stereocenters. The fourth-order valence-corrected chi connectivity index (χ4v) is 14.8. The molecule has 0 N–H and O–H groups in total. The second kappa shape index (κ2) is 32.2. The molecule has 0 aliphatic carbocycles. The normalized spacial score (nSPS) is 13.2. The quantitative estimate of drug-likeness (QED) is 0.0499. The molecular formula is C48H91O3P. The number of unbranched alkanes of at least 4 members (excludes halogenated alkanes) is 23. The fourth-order valence-electron chi connectivity index (χ4n) is 8.41. The summed E-state index contributed by atoms with van der Waals surface area (Å²) in [5, 5.41) is 0. The molecule has 0 saturated heterocycles. The van der Waals surface area contributed by atoms with E-state index in [1.165, 1.54) is 192 Å². The van der Waals surface area contributed by atoms with E-state index in [9.17, 15) is 4.79 Å². The summed E-state index contributed by atoms with van der Waals surface area (Å²) >= 11 is 0. The fraction of sp³-hybridized carbons (Fsp3) is 0.854. The number of ether oxygens (including phenoxy) is 1. The molecule has 0 bridgehead atoms. The van der Waals surface area contributed by atoms with Gasteiger partial charge in [0.05, 0.1) is 0 Å². The molecule has 1 atom stereocenters. The van der Waals surface area contributed by atoms with Gasteiger partial charge in [-0.15, -0.1) is 0 Å². The van der Waals surface area contributed by atoms with E-state index in [1.54, 1.807) is 0 Å². The molecule has 0 saturated carbocycles. The molecule has 0 aromatic heterocycles. The van der Waals surface area contributed by atoms with Crippen LogP contribution in [0.4, 0.5) is 0 Å². The van der Waals surface area contributed by atoms with Gasteiger partial charge in [0, 0.05) is 0 Å². The zero-order valence-electron chi connectivity index (χ0n) is 36.1. The Hall–Kier alpha value is -1.08. The Labute approximate surface area is 326 Å². The van der Waals surface area contributed by atoms with Crippen LogP contribution in [0, 0.1) is 0 Å². The van der Waals surface area contributed by atoms with Crippen molar-refractivity contribution < 1.29 is 14.1 Å². The molecule has 4 heteroatoms. The summed E-state index contributed by atoms with van der Waals surface area (Å²) in [5.41, 5.74) is 1.37. The molecule has 0 radical (unpaired) electrons. The van der Waals surface area contributed by atoms with Crippen LogP contribution in [0.25, 0.3) is 0 Å². The third-order valence-electron chi connectivity index (χ3n) is 12.0. The molecule has 0 heterocycles. The van der Waals surface area contributed by atoms with Crippen LogP contribution in [0.3, 0.4) is 0 Å². The molecular weight excluding hydrogens is 655 g/mol. The summed E-state index contributed by atoms with van der Waals surface area (Å²) < 4.78 is 13.4. The third kappa shape index (κ3) is 23.0. The maximum absolute atomic E-state index is 14.1. The third-order valence-corrected chi connectivity index (χ3v) is 18.5. The first-order valence-corrected chi connectivity index (χ1v) is 26.2. The van der Waals surface area contributed by atoms with Crippen LogP contribution in [0.2, 0.25) is 0 Å². The van der Waals surface area contributed by atoms with Gasteiger partial charge in [-0.2, -0.15) is 0 Å². The number of carbonyl (C=O) groups is 1. The van der Waals surface area contributed by atoms with Gasteiger partial charge >= 0.3 is 294 Å². The molecule has 3 nitrogen and oxygen atoms in total. The van der Waals surface area contributed by atoms with Gasteiger partial charge in [-0.1, -0.05) is 33.1 Å². The van der Waals surface area contributed by atoms with Gasteiger partial charge < -0.3 is 0 Å². The number of hydrogen-bond donors (Lipinski definition) is 0. The number of carbonyl (C=O) groups excluding carboxylic acids is 1. The van der Waals surface area contributed by atoms with Crippen LogP contribution >= 0.6 is 6.83 Å². The zero-order valence-corrected chi connectivity index (χ0v) is 37.0. The molecule has 306 valence electrons. The Bertz CT molecular complexity index is 909. The van der Waals surface area contributed by atoms with Crippen molar-refractivity contribution in [3.8, 4) is 5.75 Å². The summed E-state index contributed by atoms with van der Waals surface area (Å²) in [6, 6.07) is 8.54. The SMILES string of the molecule is CCCCCCCCCCCCCCP(CCCCCC)(CCCCCC)(CCCCCC)OC(=O)COc1ccc(C(C)CCCCCC)cc1. The van der Waals surface area contributed by atoms with Crippen molar-refractivity contribution in [1.29, 1.82) is 0 Å². The van der Waals surface area contributed by atoms with E-state index < -0.39 is 6.83 Å². The van der Waals surface area contributed by atoms with E-state index in [0.29, 0.717) is 5.92 Å². The van der Waals surface area contributed by atoms with Crippen molar-refractivity contribution in [2.75, 3.05) is 31.3 Å². The van der Waals surface area contributed by atoms with Gasteiger partial charge in [0.1, 0.15) is 0 Å². The van der Waals surface area contributed by atoms with Crippen LogP contribution in [0.1, 0.15) is 239 Å². The van der Waals surface area contributed by atoms with Crippen LogP contribution in [0.15, 0.2) is 24.3 Å².